The molecule has 0 radical (unpaired) electrons. The summed E-state index contributed by atoms with van der Waals surface area (Å²) in [6, 6.07) is 7.87. The molecule has 1 fully saturated rings. The SMILES string of the molecule is NCC#Cc1ccccc1OCCC1CC1. The van der Waals surface area contributed by atoms with E-state index in [1.54, 1.807) is 0 Å². The van der Waals surface area contributed by atoms with Crippen LogP contribution in [0.15, 0.2) is 24.3 Å². The number of ether oxygens (including phenoxy) is 1. The third-order valence-electron chi connectivity index (χ3n) is 2.69. The van der Waals surface area contributed by atoms with Gasteiger partial charge in [0.25, 0.3) is 0 Å². The molecule has 84 valence electrons. The molecule has 0 atom stereocenters. The van der Waals surface area contributed by atoms with E-state index in [0.717, 1.165) is 23.8 Å². The molecule has 2 heteroatoms. The van der Waals surface area contributed by atoms with E-state index in [0.29, 0.717) is 6.54 Å². The minimum Gasteiger partial charge on any atom is -0.492 e. The Morgan fingerprint density at radius 1 is 1.31 bits per heavy atom. The fourth-order valence-corrected chi connectivity index (χ4v) is 1.58. The van der Waals surface area contributed by atoms with E-state index in [2.05, 4.69) is 11.8 Å². The summed E-state index contributed by atoms with van der Waals surface area (Å²) < 4.78 is 5.74. The van der Waals surface area contributed by atoms with Gasteiger partial charge in [-0.3, -0.25) is 0 Å². The maximum Gasteiger partial charge on any atom is 0.134 e. The summed E-state index contributed by atoms with van der Waals surface area (Å²) in [5, 5.41) is 0. The molecule has 1 aliphatic carbocycles. The molecule has 1 aromatic carbocycles. The summed E-state index contributed by atoms with van der Waals surface area (Å²) in [4.78, 5) is 0. The van der Waals surface area contributed by atoms with Crippen molar-refractivity contribution in [3.8, 4) is 17.6 Å². The van der Waals surface area contributed by atoms with Crippen molar-refractivity contribution in [3.63, 3.8) is 0 Å². The van der Waals surface area contributed by atoms with Crippen molar-refractivity contribution in [1.29, 1.82) is 0 Å². The van der Waals surface area contributed by atoms with Crippen LogP contribution in [0, 0.1) is 17.8 Å². The standard InChI is InChI=1S/C14H17NO/c15-10-3-5-13-4-1-2-6-14(13)16-11-9-12-7-8-12/h1-2,4,6,12H,7-11,15H2. The fraction of sp³-hybridized carbons (Fsp3) is 0.429. The summed E-state index contributed by atoms with van der Waals surface area (Å²) in [5.41, 5.74) is 6.29. The zero-order valence-electron chi connectivity index (χ0n) is 9.41. The van der Waals surface area contributed by atoms with Crippen LogP contribution in [0.25, 0.3) is 0 Å². The third kappa shape index (κ3) is 3.29. The average Bonchev–Trinajstić information content (AvgIpc) is 3.12. The molecule has 0 aliphatic heterocycles. The van der Waals surface area contributed by atoms with Crippen molar-refractivity contribution in [2.45, 2.75) is 19.3 Å². The molecule has 2 N–H and O–H groups in total. The Bertz CT molecular complexity index is 399. The van der Waals surface area contributed by atoms with Crippen molar-refractivity contribution in [2.24, 2.45) is 11.7 Å². The quantitative estimate of drug-likeness (QED) is 0.781. The van der Waals surface area contributed by atoms with Crippen molar-refractivity contribution < 1.29 is 4.74 Å². The van der Waals surface area contributed by atoms with Gasteiger partial charge < -0.3 is 10.5 Å². The predicted octanol–water partition coefficient (Wildman–Crippen LogP) is 2.18. The van der Waals surface area contributed by atoms with Crippen LogP contribution in [0.5, 0.6) is 5.75 Å². The van der Waals surface area contributed by atoms with Gasteiger partial charge in [-0.1, -0.05) is 36.8 Å². The van der Waals surface area contributed by atoms with Gasteiger partial charge >= 0.3 is 0 Å². The minimum atomic E-state index is 0.385. The van der Waals surface area contributed by atoms with Crippen molar-refractivity contribution in [2.75, 3.05) is 13.2 Å². The number of para-hydroxylation sites is 1. The average molecular weight is 215 g/mol. The Hall–Kier alpha value is -1.46. The van der Waals surface area contributed by atoms with Gasteiger partial charge in [-0.25, -0.2) is 0 Å². The number of rotatable bonds is 4. The third-order valence-corrected chi connectivity index (χ3v) is 2.69. The molecule has 2 nitrogen and oxygen atoms in total. The molecule has 0 bridgehead atoms. The van der Waals surface area contributed by atoms with Gasteiger partial charge in [-0.05, 0) is 24.5 Å². The fourth-order valence-electron chi connectivity index (χ4n) is 1.58. The Labute approximate surface area is 96.8 Å². The zero-order chi connectivity index (χ0) is 11.2. The Kier molecular flexibility index (Phi) is 3.85. The van der Waals surface area contributed by atoms with Crippen molar-refractivity contribution >= 4 is 0 Å². The van der Waals surface area contributed by atoms with Crippen LogP contribution in [0.1, 0.15) is 24.8 Å². The minimum absolute atomic E-state index is 0.385. The van der Waals surface area contributed by atoms with E-state index < -0.39 is 0 Å². The largest absolute Gasteiger partial charge is 0.492 e. The molecular weight excluding hydrogens is 198 g/mol. The molecule has 0 saturated heterocycles. The van der Waals surface area contributed by atoms with Crippen LogP contribution in [-0.2, 0) is 0 Å². The highest BCUT2D eigenvalue weighted by atomic mass is 16.5. The lowest BCUT2D eigenvalue weighted by Crippen LogP contribution is -2.00. The molecule has 0 amide bonds. The highest BCUT2D eigenvalue weighted by Crippen LogP contribution is 2.32. The summed E-state index contributed by atoms with van der Waals surface area (Å²) in [5.74, 6) is 7.66. The van der Waals surface area contributed by atoms with E-state index in [9.17, 15) is 0 Å². The molecule has 1 aliphatic rings. The number of nitrogens with two attached hydrogens (primary N) is 1. The lowest BCUT2D eigenvalue weighted by atomic mass is 10.2. The topological polar surface area (TPSA) is 35.2 Å². The summed E-state index contributed by atoms with van der Waals surface area (Å²) in [6.07, 6.45) is 3.91. The van der Waals surface area contributed by atoms with Crippen molar-refractivity contribution in [1.82, 2.24) is 0 Å². The molecule has 0 heterocycles. The zero-order valence-corrected chi connectivity index (χ0v) is 9.41. The lowest BCUT2D eigenvalue weighted by molar-refractivity contribution is 0.301. The second kappa shape index (κ2) is 5.58. The van der Waals surface area contributed by atoms with Crippen LogP contribution in [0.3, 0.4) is 0 Å². The molecular formula is C14H17NO. The second-order valence-electron chi connectivity index (χ2n) is 4.08. The van der Waals surface area contributed by atoms with Gasteiger partial charge in [0.05, 0.1) is 18.7 Å². The first-order valence-corrected chi connectivity index (χ1v) is 5.81. The first-order chi connectivity index (χ1) is 7.90. The monoisotopic (exact) mass is 215 g/mol. The van der Waals surface area contributed by atoms with Crippen LogP contribution in [0.4, 0.5) is 0 Å². The second-order valence-corrected chi connectivity index (χ2v) is 4.08. The molecule has 2 rings (SSSR count). The Morgan fingerprint density at radius 3 is 2.88 bits per heavy atom. The van der Waals surface area contributed by atoms with E-state index in [1.807, 2.05) is 24.3 Å². The number of hydrogen-bond donors (Lipinski definition) is 1. The molecule has 16 heavy (non-hydrogen) atoms. The van der Waals surface area contributed by atoms with Gasteiger partial charge in [0.2, 0.25) is 0 Å². The van der Waals surface area contributed by atoms with Crippen LogP contribution >= 0.6 is 0 Å². The van der Waals surface area contributed by atoms with E-state index in [-0.39, 0.29) is 0 Å². The van der Waals surface area contributed by atoms with Gasteiger partial charge in [-0.15, -0.1) is 0 Å². The molecule has 0 spiro atoms. The van der Waals surface area contributed by atoms with Crippen molar-refractivity contribution in [3.05, 3.63) is 29.8 Å². The van der Waals surface area contributed by atoms with Crippen LogP contribution < -0.4 is 10.5 Å². The summed E-state index contributed by atoms with van der Waals surface area (Å²) in [6.45, 7) is 1.18. The highest BCUT2D eigenvalue weighted by Gasteiger charge is 2.20. The maximum absolute atomic E-state index is 5.74. The molecule has 0 aromatic heterocycles. The Morgan fingerprint density at radius 2 is 2.12 bits per heavy atom. The lowest BCUT2D eigenvalue weighted by Gasteiger charge is -2.07. The van der Waals surface area contributed by atoms with Gasteiger partial charge in [-0.2, -0.15) is 0 Å². The smallest absolute Gasteiger partial charge is 0.134 e. The van der Waals surface area contributed by atoms with E-state index >= 15 is 0 Å². The summed E-state index contributed by atoms with van der Waals surface area (Å²) >= 11 is 0. The van der Waals surface area contributed by atoms with Gasteiger partial charge in [0.15, 0.2) is 0 Å². The first-order valence-electron chi connectivity index (χ1n) is 5.81. The Balaban J connectivity index is 1.94. The molecule has 1 aromatic rings. The maximum atomic E-state index is 5.74. The number of hydrogen-bond acceptors (Lipinski definition) is 2. The normalized spacial score (nSPS) is 14.1. The van der Waals surface area contributed by atoms with Crippen LogP contribution in [-0.4, -0.2) is 13.2 Å². The highest BCUT2D eigenvalue weighted by molar-refractivity contribution is 5.45. The van der Waals surface area contributed by atoms with Crippen LogP contribution in [0.2, 0.25) is 0 Å². The summed E-state index contributed by atoms with van der Waals surface area (Å²) in [7, 11) is 0. The molecule has 0 unspecified atom stereocenters. The van der Waals surface area contributed by atoms with E-state index in [1.165, 1.54) is 19.3 Å². The van der Waals surface area contributed by atoms with Gasteiger partial charge in [0.1, 0.15) is 5.75 Å². The van der Waals surface area contributed by atoms with Gasteiger partial charge in [0, 0.05) is 0 Å². The van der Waals surface area contributed by atoms with E-state index in [4.69, 9.17) is 10.5 Å². The first kappa shape index (κ1) is 11.0. The number of benzene rings is 1. The molecule has 1 saturated carbocycles. The predicted molar refractivity (Wildman–Crippen MR) is 65.2 cm³/mol.